The van der Waals surface area contributed by atoms with Gasteiger partial charge in [0.1, 0.15) is 11.5 Å². The lowest BCUT2D eigenvalue weighted by Gasteiger charge is -2.24. The molecule has 0 aliphatic heterocycles. The molecule has 0 unspecified atom stereocenters. The molecule has 0 atom stereocenters. The van der Waals surface area contributed by atoms with Crippen LogP contribution in [-0.4, -0.2) is 10.2 Å². The van der Waals surface area contributed by atoms with E-state index in [1.54, 1.807) is 0 Å². The molecular weight excluding hydrogens is 399 g/mol. The number of benzene rings is 3. The summed E-state index contributed by atoms with van der Waals surface area (Å²) < 4.78 is 0. The summed E-state index contributed by atoms with van der Waals surface area (Å²) in [5, 5.41) is 25.7. The van der Waals surface area contributed by atoms with Crippen LogP contribution in [0.15, 0.2) is 54.6 Å². The van der Waals surface area contributed by atoms with E-state index < -0.39 is 7.92 Å². The quantitative estimate of drug-likeness (QED) is 0.396. The minimum atomic E-state index is -1.08. The molecule has 0 saturated carbocycles. The Morgan fingerprint density at radius 1 is 0.677 bits per heavy atom. The molecular formula is C28H35O2P. The van der Waals surface area contributed by atoms with Gasteiger partial charge in [0.05, 0.1) is 0 Å². The Balaban J connectivity index is 2.23. The van der Waals surface area contributed by atoms with Crippen molar-refractivity contribution in [2.75, 3.05) is 0 Å². The average molecular weight is 435 g/mol. The van der Waals surface area contributed by atoms with Crippen molar-refractivity contribution in [3.8, 4) is 11.5 Å². The Labute approximate surface area is 188 Å². The van der Waals surface area contributed by atoms with Crippen LogP contribution in [-0.2, 0) is 12.8 Å². The Hall–Kier alpha value is -2.31. The zero-order valence-electron chi connectivity index (χ0n) is 19.3. The van der Waals surface area contributed by atoms with Gasteiger partial charge in [-0.2, -0.15) is 0 Å². The zero-order valence-corrected chi connectivity index (χ0v) is 20.2. The van der Waals surface area contributed by atoms with Gasteiger partial charge in [0.2, 0.25) is 0 Å². The van der Waals surface area contributed by atoms with Crippen molar-refractivity contribution in [1.82, 2.24) is 0 Å². The Kier molecular flexibility index (Phi) is 8.15. The molecule has 3 rings (SSSR count). The smallest absolute Gasteiger partial charge is 0.127 e. The van der Waals surface area contributed by atoms with E-state index in [9.17, 15) is 10.2 Å². The van der Waals surface area contributed by atoms with Gasteiger partial charge in [0, 0.05) is 10.6 Å². The molecule has 31 heavy (non-hydrogen) atoms. The van der Waals surface area contributed by atoms with Crippen LogP contribution in [0.2, 0.25) is 0 Å². The highest BCUT2D eigenvalue weighted by Crippen LogP contribution is 2.42. The van der Waals surface area contributed by atoms with Crippen LogP contribution < -0.4 is 15.9 Å². The molecule has 0 heterocycles. The van der Waals surface area contributed by atoms with Crippen LogP contribution in [0.25, 0.3) is 0 Å². The molecule has 164 valence electrons. The summed E-state index contributed by atoms with van der Waals surface area (Å²) in [6, 6.07) is 18.8. The van der Waals surface area contributed by atoms with Gasteiger partial charge < -0.3 is 10.2 Å². The fraction of sp³-hybridized carbons (Fsp3) is 0.357. The fourth-order valence-corrected chi connectivity index (χ4v) is 6.77. The van der Waals surface area contributed by atoms with Gasteiger partial charge in [-0.15, -0.1) is 0 Å². The van der Waals surface area contributed by atoms with E-state index in [0.29, 0.717) is 11.5 Å². The average Bonchev–Trinajstić information content (AvgIpc) is 2.76. The predicted octanol–water partition coefficient (Wildman–Crippen LogP) is 6.16. The number of phenolic OH excluding ortho intramolecular Hbond substituents is 2. The molecule has 0 spiro atoms. The number of hydrogen-bond donors (Lipinski definition) is 2. The molecule has 3 aromatic carbocycles. The van der Waals surface area contributed by atoms with Gasteiger partial charge in [-0.1, -0.05) is 69.2 Å². The molecule has 2 N–H and O–H groups in total. The third-order valence-corrected chi connectivity index (χ3v) is 8.18. The molecule has 3 aromatic rings. The standard InChI is InChI=1S/C28H35O2P/c1-5-7-12-22-16-20(3)18-25(27(22)29)31(24-14-10-9-11-15-24)26-19-21(4)17-23(28(26)30)13-8-6-2/h9-11,14-19,29-30H,5-8,12-13H2,1-4H3. The van der Waals surface area contributed by atoms with Crippen molar-refractivity contribution in [1.29, 1.82) is 0 Å². The maximum Gasteiger partial charge on any atom is 0.127 e. The number of unbranched alkanes of at least 4 members (excludes halogenated alkanes) is 2. The first-order valence-electron chi connectivity index (χ1n) is 11.5. The summed E-state index contributed by atoms with van der Waals surface area (Å²) in [4.78, 5) is 0. The third kappa shape index (κ3) is 5.49. The molecule has 0 saturated heterocycles. The molecule has 0 aliphatic carbocycles. The van der Waals surface area contributed by atoms with Gasteiger partial charge >= 0.3 is 0 Å². The SMILES string of the molecule is CCCCc1cc(C)cc(P(c2ccccc2)c2cc(C)cc(CCCC)c2O)c1O. The lowest BCUT2D eigenvalue weighted by molar-refractivity contribution is 0.470. The summed E-state index contributed by atoms with van der Waals surface area (Å²) in [6.45, 7) is 8.54. The zero-order chi connectivity index (χ0) is 22.4. The van der Waals surface area contributed by atoms with Crippen LogP contribution >= 0.6 is 7.92 Å². The Morgan fingerprint density at radius 2 is 1.13 bits per heavy atom. The highest BCUT2D eigenvalue weighted by Gasteiger charge is 2.25. The van der Waals surface area contributed by atoms with Crippen LogP contribution in [0.5, 0.6) is 11.5 Å². The van der Waals surface area contributed by atoms with Gasteiger partial charge in [0.25, 0.3) is 0 Å². The molecule has 0 aliphatic rings. The number of aromatic hydroxyl groups is 2. The minimum absolute atomic E-state index is 0.394. The first-order valence-corrected chi connectivity index (χ1v) is 12.8. The summed E-state index contributed by atoms with van der Waals surface area (Å²) in [6.07, 6.45) is 6.03. The molecule has 2 nitrogen and oxygen atoms in total. The van der Waals surface area contributed by atoms with E-state index in [2.05, 4.69) is 64.1 Å². The first kappa shape index (κ1) is 23.4. The fourth-order valence-electron chi connectivity index (χ4n) is 4.11. The largest absolute Gasteiger partial charge is 0.507 e. The van der Waals surface area contributed by atoms with Crippen LogP contribution in [0.4, 0.5) is 0 Å². The molecule has 0 bridgehead atoms. The minimum Gasteiger partial charge on any atom is -0.507 e. The van der Waals surface area contributed by atoms with Crippen molar-refractivity contribution in [3.05, 3.63) is 76.9 Å². The maximum absolute atomic E-state index is 11.3. The second-order valence-corrected chi connectivity index (χ2v) is 10.6. The highest BCUT2D eigenvalue weighted by atomic mass is 31.1. The monoisotopic (exact) mass is 434 g/mol. The molecule has 0 amide bonds. The van der Waals surface area contributed by atoms with E-state index in [4.69, 9.17) is 0 Å². The molecule has 0 aromatic heterocycles. The van der Waals surface area contributed by atoms with Gasteiger partial charge in [-0.25, -0.2) is 0 Å². The first-order chi connectivity index (χ1) is 15.0. The Bertz CT molecular complexity index is 948. The van der Waals surface area contributed by atoms with Gasteiger partial charge in [0.15, 0.2) is 0 Å². The van der Waals surface area contributed by atoms with Gasteiger partial charge in [-0.3, -0.25) is 0 Å². The van der Waals surface area contributed by atoms with E-state index in [-0.39, 0.29) is 0 Å². The van der Waals surface area contributed by atoms with E-state index in [1.807, 2.05) is 18.2 Å². The summed E-state index contributed by atoms with van der Waals surface area (Å²) in [5.74, 6) is 0.787. The van der Waals surface area contributed by atoms with E-state index in [1.165, 1.54) is 0 Å². The van der Waals surface area contributed by atoms with Crippen LogP contribution in [0.3, 0.4) is 0 Å². The summed E-state index contributed by atoms with van der Waals surface area (Å²) in [7, 11) is -1.08. The summed E-state index contributed by atoms with van der Waals surface area (Å²) in [5.41, 5.74) is 4.33. The van der Waals surface area contributed by atoms with E-state index >= 15 is 0 Å². The van der Waals surface area contributed by atoms with Crippen molar-refractivity contribution in [3.63, 3.8) is 0 Å². The normalized spacial score (nSPS) is 11.3. The topological polar surface area (TPSA) is 40.5 Å². The number of aryl methyl sites for hydroxylation is 4. The predicted molar refractivity (Wildman–Crippen MR) is 135 cm³/mol. The van der Waals surface area contributed by atoms with Crippen LogP contribution in [0.1, 0.15) is 61.8 Å². The van der Waals surface area contributed by atoms with Crippen molar-refractivity contribution < 1.29 is 10.2 Å². The highest BCUT2D eigenvalue weighted by molar-refractivity contribution is 7.80. The van der Waals surface area contributed by atoms with Crippen molar-refractivity contribution in [2.45, 2.75) is 66.2 Å². The third-order valence-electron chi connectivity index (χ3n) is 5.72. The number of phenols is 2. The lowest BCUT2D eigenvalue weighted by atomic mass is 10.0. The maximum atomic E-state index is 11.3. The number of rotatable bonds is 9. The molecule has 0 radical (unpaired) electrons. The second kappa shape index (κ2) is 10.8. The van der Waals surface area contributed by atoms with Crippen molar-refractivity contribution in [2.24, 2.45) is 0 Å². The Morgan fingerprint density at radius 3 is 1.55 bits per heavy atom. The van der Waals surface area contributed by atoms with Gasteiger partial charge in [-0.05, 0) is 87.1 Å². The molecule has 3 heteroatoms. The second-order valence-electron chi connectivity index (χ2n) is 8.46. The summed E-state index contributed by atoms with van der Waals surface area (Å²) >= 11 is 0. The lowest BCUT2D eigenvalue weighted by Crippen LogP contribution is -2.23. The number of hydrogen-bond acceptors (Lipinski definition) is 2. The molecule has 0 fully saturated rings. The van der Waals surface area contributed by atoms with Crippen LogP contribution in [0, 0.1) is 13.8 Å². The van der Waals surface area contributed by atoms with Crippen molar-refractivity contribution >= 4 is 23.8 Å². The van der Waals surface area contributed by atoms with E-state index in [0.717, 1.165) is 76.7 Å².